The van der Waals surface area contributed by atoms with Gasteiger partial charge in [-0.15, -0.1) is 0 Å². The van der Waals surface area contributed by atoms with Crippen LogP contribution in [0.1, 0.15) is 38.7 Å². The van der Waals surface area contributed by atoms with Gasteiger partial charge in [-0.25, -0.2) is 4.39 Å². The molecule has 2 nitrogen and oxygen atoms in total. The third-order valence-corrected chi connectivity index (χ3v) is 4.38. The van der Waals surface area contributed by atoms with E-state index in [2.05, 4.69) is 22.9 Å². The lowest BCUT2D eigenvalue weighted by molar-refractivity contribution is -0.152. The number of aliphatic hydroxyl groups is 1. The number of rotatable bonds is 3. The second-order valence-corrected chi connectivity index (χ2v) is 6.67. The average molecular weight is 331 g/mol. The maximum atomic E-state index is 13.4. The lowest BCUT2D eigenvalue weighted by Crippen LogP contribution is -2.48. The quantitative estimate of drug-likeness (QED) is 0.912. The van der Waals surface area contributed by atoms with Crippen molar-refractivity contribution in [3.05, 3.63) is 34.1 Å². The summed E-state index contributed by atoms with van der Waals surface area (Å²) in [5.41, 5.74) is -0.275. The maximum absolute atomic E-state index is 13.4. The number of hydrogen-bond acceptors (Lipinski definition) is 2. The van der Waals surface area contributed by atoms with Gasteiger partial charge in [-0.2, -0.15) is 0 Å². The van der Waals surface area contributed by atoms with Crippen molar-refractivity contribution in [1.29, 1.82) is 0 Å². The molecule has 1 saturated heterocycles. The first-order valence-corrected chi connectivity index (χ1v) is 7.45. The van der Waals surface area contributed by atoms with E-state index in [4.69, 9.17) is 4.74 Å². The summed E-state index contributed by atoms with van der Waals surface area (Å²) in [5.74, 6) is -0.279. The fraction of sp³-hybridized carbons (Fsp3) is 0.600. The zero-order valence-corrected chi connectivity index (χ0v) is 13.0. The molecule has 2 rings (SSSR count). The molecular weight excluding hydrogens is 311 g/mol. The summed E-state index contributed by atoms with van der Waals surface area (Å²) in [4.78, 5) is 0. The lowest BCUT2D eigenvalue weighted by Gasteiger charge is -2.43. The summed E-state index contributed by atoms with van der Waals surface area (Å²) in [6, 6.07) is 4.77. The topological polar surface area (TPSA) is 29.5 Å². The number of hydrogen-bond donors (Lipinski definition) is 1. The van der Waals surface area contributed by atoms with Gasteiger partial charge in [-0.3, -0.25) is 0 Å². The third-order valence-electron chi connectivity index (χ3n) is 3.92. The third kappa shape index (κ3) is 3.77. The van der Waals surface area contributed by atoms with Gasteiger partial charge in [0.25, 0.3) is 0 Å². The Morgan fingerprint density at radius 1 is 1.42 bits per heavy atom. The molecule has 0 amide bonds. The molecule has 0 aliphatic carbocycles. The van der Waals surface area contributed by atoms with Crippen molar-refractivity contribution in [2.45, 2.75) is 50.7 Å². The Morgan fingerprint density at radius 2 is 2.16 bits per heavy atom. The Hall–Kier alpha value is -0.450. The summed E-state index contributed by atoms with van der Waals surface area (Å²) in [6.45, 7) is 4.64. The molecule has 4 heteroatoms. The Morgan fingerprint density at radius 3 is 2.79 bits per heavy atom. The lowest BCUT2D eigenvalue weighted by atomic mass is 9.78. The zero-order chi connectivity index (χ0) is 14.1. The SMILES string of the molecule is CCC1(C)CC(O)(Cc2cc(F)cc(Br)c2)CCO1. The maximum Gasteiger partial charge on any atom is 0.124 e. The number of ether oxygens (including phenoxy) is 1. The highest BCUT2D eigenvalue weighted by Crippen LogP contribution is 2.36. The van der Waals surface area contributed by atoms with Gasteiger partial charge in [0.2, 0.25) is 0 Å². The summed E-state index contributed by atoms with van der Waals surface area (Å²) in [7, 11) is 0. The highest BCUT2D eigenvalue weighted by Gasteiger charge is 2.41. The molecule has 1 N–H and O–H groups in total. The van der Waals surface area contributed by atoms with E-state index in [1.165, 1.54) is 12.1 Å². The largest absolute Gasteiger partial charge is 0.389 e. The van der Waals surface area contributed by atoms with Gasteiger partial charge in [0.05, 0.1) is 17.8 Å². The first-order valence-electron chi connectivity index (χ1n) is 6.65. The second-order valence-electron chi connectivity index (χ2n) is 5.76. The van der Waals surface area contributed by atoms with Gasteiger partial charge in [0.15, 0.2) is 0 Å². The van der Waals surface area contributed by atoms with E-state index in [9.17, 15) is 9.50 Å². The van der Waals surface area contributed by atoms with Gasteiger partial charge >= 0.3 is 0 Å². The van der Waals surface area contributed by atoms with Crippen molar-refractivity contribution in [3.8, 4) is 0 Å². The van der Waals surface area contributed by atoms with Crippen LogP contribution in [0.2, 0.25) is 0 Å². The van der Waals surface area contributed by atoms with E-state index < -0.39 is 5.60 Å². The van der Waals surface area contributed by atoms with Gasteiger partial charge in [0.1, 0.15) is 5.82 Å². The minimum absolute atomic E-state index is 0.279. The van der Waals surface area contributed by atoms with Crippen molar-refractivity contribution in [3.63, 3.8) is 0 Å². The fourth-order valence-electron chi connectivity index (χ4n) is 2.79. The summed E-state index contributed by atoms with van der Waals surface area (Å²) in [6.07, 6.45) is 2.51. The van der Waals surface area contributed by atoms with E-state index >= 15 is 0 Å². The van der Waals surface area contributed by atoms with Crippen molar-refractivity contribution in [1.82, 2.24) is 0 Å². The van der Waals surface area contributed by atoms with Gasteiger partial charge in [-0.05, 0) is 43.5 Å². The van der Waals surface area contributed by atoms with E-state index in [0.717, 1.165) is 12.0 Å². The van der Waals surface area contributed by atoms with Crippen LogP contribution < -0.4 is 0 Å². The van der Waals surface area contributed by atoms with Crippen molar-refractivity contribution >= 4 is 15.9 Å². The average Bonchev–Trinajstić information content (AvgIpc) is 2.26. The van der Waals surface area contributed by atoms with Crippen molar-refractivity contribution in [2.24, 2.45) is 0 Å². The first-order chi connectivity index (χ1) is 8.84. The second kappa shape index (κ2) is 5.51. The standard InChI is InChI=1S/C15H20BrFO2/c1-3-14(2)10-15(18,4-5-19-14)9-11-6-12(16)8-13(17)7-11/h6-8,18H,3-5,9-10H2,1-2H3. The van der Waals surface area contributed by atoms with Crippen LogP contribution in [0.25, 0.3) is 0 Å². The van der Waals surface area contributed by atoms with E-state index in [1.54, 1.807) is 0 Å². The molecule has 1 fully saturated rings. The van der Waals surface area contributed by atoms with Crippen molar-refractivity contribution in [2.75, 3.05) is 6.61 Å². The Labute approximate surface area is 122 Å². The van der Waals surface area contributed by atoms with E-state index in [0.29, 0.717) is 30.3 Å². The minimum atomic E-state index is -0.809. The molecule has 0 bridgehead atoms. The fourth-order valence-corrected chi connectivity index (χ4v) is 3.31. The minimum Gasteiger partial charge on any atom is -0.389 e. The molecule has 2 unspecified atom stereocenters. The molecular formula is C15H20BrFO2. The molecule has 1 aliphatic rings. The molecule has 106 valence electrons. The van der Waals surface area contributed by atoms with Crippen LogP contribution in [0.3, 0.4) is 0 Å². The smallest absolute Gasteiger partial charge is 0.124 e. The zero-order valence-electron chi connectivity index (χ0n) is 11.4. The molecule has 1 aromatic carbocycles. The summed E-state index contributed by atoms with van der Waals surface area (Å²) >= 11 is 3.29. The molecule has 1 aromatic rings. The number of halogens is 2. The molecule has 0 radical (unpaired) electrons. The molecule has 0 spiro atoms. The molecule has 1 heterocycles. The van der Waals surface area contributed by atoms with Crippen LogP contribution >= 0.6 is 15.9 Å². The van der Waals surface area contributed by atoms with Gasteiger partial charge < -0.3 is 9.84 Å². The molecule has 0 saturated carbocycles. The number of benzene rings is 1. The summed E-state index contributed by atoms with van der Waals surface area (Å²) in [5, 5.41) is 10.8. The van der Waals surface area contributed by atoms with Gasteiger partial charge in [0, 0.05) is 17.3 Å². The molecule has 19 heavy (non-hydrogen) atoms. The Bertz CT molecular complexity index is 445. The Balaban J connectivity index is 2.16. The van der Waals surface area contributed by atoms with Gasteiger partial charge in [-0.1, -0.05) is 22.9 Å². The predicted molar refractivity (Wildman–Crippen MR) is 76.6 cm³/mol. The van der Waals surface area contributed by atoms with Crippen molar-refractivity contribution < 1.29 is 14.2 Å². The van der Waals surface area contributed by atoms with Crippen LogP contribution in [-0.2, 0) is 11.2 Å². The molecule has 0 aromatic heterocycles. The van der Waals surface area contributed by atoms with Crippen LogP contribution in [0.5, 0.6) is 0 Å². The highest BCUT2D eigenvalue weighted by molar-refractivity contribution is 9.10. The highest BCUT2D eigenvalue weighted by atomic mass is 79.9. The first kappa shape index (κ1) is 14.9. The predicted octanol–water partition coefficient (Wildman–Crippen LogP) is 3.84. The van der Waals surface area contributed by atoms with Crippen LogP contribution in [0, 0.1) is 5.82 Å². The van der Waals surface area contributed by atoms with Crippen LogP contribution in [0.15, 0.2) is 22.7 Å². The van der Waals surface area contributed by atoms with Crippen LogP contribution in [-0.4, -0.2) is 22.9 Å². The molecule has 1 aliphatic heterocycles. The van der Waals surface area contributed by atoms with Crippen LogP contribution in [0.4, 0.5) is 4.39 Å². The Kier molecular flexibility index (Phi) is 4.33. The van der Waals surface area contributed by atoms with E-state index in [-0.39, 0.29) is 11.4 Å². The normalized spacial score (nSPS) is 31.4. The van der Waals surface area contributed by atoms with E-state index in [1.807, 2.05) is 13.0 Å². The monoisotopic (exact) mass is 330 g/mol. The summed E-state index contributed by atoms with van der Waals surface area (Å²) < 4.78 is 19.8. The molecule has 2 atom stereocenters.